The van der Waals surface area contributed by atoms with E-state index < -0.39 is 35.8 Å². The first-order chi connectivity index (χ1) is 15.0. The van der Waals surface area contributed by atoms with E-state index in [1.807, 2.05) is 0 Å². The first kappa shape index (κ1) is 26.5. The number of ether oxygens (including phenoxy) is 3. The minimum Gasteiger partial charge on any atom is -0.481 e. The van der Waals surface area contributed by atoms with E-state index in [2.05, 4.69) is 17.2 Å². The second-order valence-electron chi connectivity index (χ2n) is 7.78. The van der Waals surface area contributed by atoms with Gasteiger partial charge in [-0.25, -0.2) is 14.4 Å². The first-order valence-corrected chi connectivity index (χ1v) is 10.0. The van der Waals surface area contributed by atoms with Crippen LogP contribution in [0.4, 0.5) is 9.59 Å². The lowest BCUT2D eigenvalue weighted by atomic mass is 10.1. The zero-order valence-electron chi connectivity index (χ0n) is 18.5. The number of carboxylic acid groups (broad SMARTS) is 1. The standard InChI is InChI=1S/C22H30N2O8/c1-5-13-30-19(27)17(24-21(29)32-22(2,3)4)14-15-8-10-16(11-9-15)31-20(28)23-12-6-7-18(25)26/h5,8-11,17H,1,6-7,12-14H2,2-4H3,(H,23,28)(H,24,29)(H,25,26)/t17-/m0/s1. The summed E-state index contributed by atoms with van der Waals surface area (Å²) >= 11 is 0. The van der Waals surface area contributed by atoms with Gasteiger partial charge in [-0.15, -0.1) is 0 Å². The predicted octanol–water partition coefficient (Wildman–Crippen LogP) is 2.80. The minimum atomic E-state index is -0.992. The van der Waals surface area contributed by atoms with Crippen LogP contribution in [0.2, 0.25) is 0 Å². The highest BCUT2D eigenvalue weighted by Crippen LogP contribution is 2.15. The van der Waals surface area contributed by atoms with Crippen LogP contribution in [-0.2, 0) is 25.5 Å². The molecule has 0 aliphatic rings. The highest BCUT2D eigenvalue weighted by molar-refractivity contribution is 5.82. The van der Waals surface area contributed by atoms with Crippen molar-refractivity contribution in [3.8, 4) is 5.75 Å². The van der Waals surface area contributed by atoms with Crippen molar-refractivity contribution in [3.63, 3.8) is 0 Å². The third-order valence-corrected chi connectivity index (χ3v) is 3.73. The number of aliphatic carboxylic acids is 1. The van der Waals surface area contributed by atoms with Gasteiger partial charge in [-0.2, -0.15) is 0 Å². The Kier molecular flexibility index (Phi) is 10.7. The fraction of sp³-hybridized carbons (Fsp3) is 0.455. The van der Waals surface area contributed by atoms with Gasteiger partial charge in [0.15, 0.2) is 0 Å². The number of alkyl carbamates (subject to hydrolysis) is 1. The molecule has 0 fully saturated rings. The van der Waals surface area contributed by atoms with Crippen molar-refractivity contribution < 1.29 is 38.5 Å². The molecule has 1 aromatic carbocycles. The number of carbonyl (C=O) groups excluding carboxylic acids is 3. The molecular weight excluding hydrogens is 420 g/mol. The summed E-state index contributed by atoms with van der Waals surface area (Å²) in [5.74, 6) is -1.32. The minimum absolute atomic E-state index is 0.000311. The number of benzene rings is 1. The number of amides is 2. The zero-order valence-corrected chi connectivity index (χ0v) is 18.5. The summed E-state index contributed by atoms with van der Waals surface area (Å²) in [4.78, 5) is 46.6. The van der Waals surface area contributed by atoms with Gasteiger partial charge in [-0.05, 0) is 44.9 Å². The zero-order chi connectivity index (χ0) is 24.1. The van der Waals surface area contributed by atoms with Crippen LogP contribution in [0.1, 0.15) is 39.2 Å². The van der Waals surface area contributed by atoms with E-state index in [1.54, 1.807) is 32.9 Å². The van der Waals surface area contributed by atoms with Crippen molar-refractivity contribution in [1.82, 2.24) is 10.6 Å². The van der Waals surface area contributed by atoms with Gasteiger partial charge in [-0.1, -0.05) is 24.8 Å². The number of nitrogens with one attached hydrogen (secondary N) is 2. The maximum Gasteiger partial charge on any atom is 0.412 e. The molecule has 0 unspecified atom stereocenters. The van der Waals surface area contributed by atoms with E-state index in [0.717, 1.165) is 0 Å². The Bertz CT molecular complexity index is 799. The van der Waals surface area contributed by atoms with Crippen molar-refractivity contribution in [2.75, 3.05) is 13.2 Å². The van der Waals surface area contributed by atoms with E-state index in [0.29, 0.717) is 5.56 Å². The van der Waals surface area contributed by atoms with E-state index >= 15 is 0 Å². The molecular formula is C22H30N2O8. The molecule has 0 saturated heterocycles. The molecule has 10 heteroatoms. The van der Waals surface area contributed by atoms with Crippen LogP contribution < -0.4 is 15.4 Å². The van der Waals surface area contributed by atoms with Crippen molar-refractivity contribution in [2.24, 2.45) is 0 Å². The van der Waals surface area contributed by atoms with Crippen LogP contribution in [0, 0.1) is 0 Å². The maximum absolute atomic E-state index is 12.3. The van der Waals surface area contributed by atoms with Crippen LogP contribution in [0.15, 0.2) is 36.9 Å². The lowest BCUT2D eigenvalue weighted by Gasteiger charge is -2.23. The molecule has 1 aromatic rings. The summed E-state index contributed by atoms with van der Waals surface area (Å²) in [7, 11) is 0. The summed E-state index contributed by atoms with van der Waals surface area (Å²) in [5.41, 5.74) is -0.0526. The molecule has 2 amide bonds. The average molecular weight is 450 g/mol. The Morgan fingerprint density at radius 1 is 1.12 bits per heavy atom. The molecule has 0 heterocycles. The van der Waals surface area contributed by atoms with Gasteiger partial charge in [-0.3, -0.25) is 4.79 Å². The number of carbonyl (C=O) groups is 4. The Balaban J connectivity index is 2.69. The topological polar surface area (TPSA) is 140 Å². The molecule has 0 aliphatic heterocycles. The number of esters is 1. The van der Waals surface area contributed by atoms with Gasteiger partial charge < -0.3 is 30.0 Å². The Morgan fingerprint density at radius 2 is 1.78 bits per heavy atom. The molecule has 0 radical (unpaired) electrons. The van der Waals surface area contributed by atoms with Gasteiger partial charge in [0.1, 0.15) is 24.0 Å². The molecule has 0 saturated carbocycles. The van der Waals surface area contributed by atoms with Crippen molar-refractivity contribution >= 4 is 24.1 Å². The highest BCUT2D eigenvalue weighted by Gasteiger charge is 2.25. The third-order valence-electron chi connectivity index (χ3n) is 3.73. The normalized spacial score (nSPS) is 11.6. The third kappa shape index (κ3) is 11.6. The molecule has 0 bridgehead atoms. The molecule has 176 valence electrons. The molecule has 1 rings (SSSR count). The highest BCUT2D eigenvalue weighted by atomic mass is 16.6. The second kappa shape index (κ2) is 13.0. The summed E-state index contributed by atoms with van der Waals surface area (Å²) < 4.78 is 15.4. The van der Waals surface area contributed by atoms with Crippen LogP contribution in [0.5, 0.6) is 5.75 Å². The van der Waals surface area contributed by atoms with Gasteiger partial charge in [0.05, 0.1) is 0 Å². The molecule has 0 aliphatic carbocycles. The van der Waals surface area contributed by atoms with Gasteiger partial charge in [0.2, 0.25) is 0 Å². The van der Waals surface area contributed by atoms with Crippen molar-refractivity contribution in [1.29, 1.82) is 0 Å². The van der Waals surface area contributed by atoms with Crippen molar-refractivity contribution in [3.05, 3.63) is 42.5 Å². The maximum atomic E-state index is 12.3. The second-order valence-corrected chi connectivity index (χ2v) is 7.78. The summed E-state index contributed by atoms with van der Waals surface area (Å²) in [6.07, 6.45) is 0.316. The molecule has 0 spiro atoms. The number of hydrogen-bond donors (Lipinski definition) is 3. The van der Waals surface area contributed by atoms with Crippen LogP contribution in [0.25, 0.3) is 0 Å². The lowest BCUT2D eigenvalue weighted by Crippen LogP contribution is -2.45. The quantitative estimate of drug-likeness (QED) is 0.266. The van der Waals surface area contributed by atoms with E-state index in [9.17, 15) is 19.2 Å². The van der Waals surface area contributed by atoms with Gasteiger partial charge in [0.25, 0.3) is 0 Å². The molecule has 0 aromatic heterocycles. The largest absolute Gasteiger partial charge is 0.481 e. The van der Waals surface area contributed by atoms with E-state index in [4.69, 9.17) is 19.3 Å². The fourth-order valence-corrected chi connectivity index (χ4v) is 2.39. The van der Waals surface area contributed by atoms with Gasteiger partial charge >= 0.3 is 24.1 Å². The summed E-state index contributed by atoms with van der Waals surface area (Å²) in [6, 6.07) is 5.35. The SMILES string of the molecule is C=CCOC(=O)[C@H](Cc1ccc(OC(=O)NCCCC(=O)O)cc1)NC(=O)OC(C)(C)C. The number of hydrogen-bond acceptors (Lipinski definition) is 7. The smallest absolute Gasteiger partial charge is 0.412 e. The molecule has 32 heavy (non-hydrogen) atoms. The number of carboxylic acids is 1. The Morgan fingerprint density at radius 3 is 2.34 bits per heavy atom. The summed E-state index contributed by atoms with van der Waals surface area (Å²) in [5, 5.41) is 13.5. The molecule has 1 atom stereocenters. The average Bonchev–Trinajstić information content (AvgIpc) is 2.68. The monoisotopic (exact) mass is 450 g/mol. The summed E-state index contributed by atoms with van der Waals surface area (Å²) in [6.45, 7) is 8.78. The predicted molar refractivity (Wildman–Crippen MR) is 115 cm³/mol. The van der Waals surface area contributed by atoms with Crippen LogP contribution in [-0.4, -0.2) is 54.0 Å². The number of rotatable bonds is 11. The van der Waals surface area contributed by atoms with E-state index in [1.165, 1.54) is 18.2 Å². The first-order valence-electron chi connectivity index (χ1n) is 10.0. The lowest BCUT2D eigenvalue weighted by molar-refractivity contribution is -0.145. The Labute approximate surface area is 186 Å². The van der Waals surface area contributed by atoms with Crippen LogP contribution in [0.3, 0.4) is 0 Å². The molecule has 3 N–H and O–H groups in total. The van der Waals surface area contributed by atoms with Gasteiger partial charge in [0, 0.05) is 19.4 Å². The fourth-order valence-electron chi connectivity index (χ4n) is 2.39. The van der Waals surface area contributed by atoms with E-state index in [-0.39, 0.29) is 38.2 Å². The van der Waals surface area contributed by atoms with Crippen molar-refractivity contribution in [2.45, 2.75) is 51.7 Å². The Hall–Kier alpha value is -3.56. The molecule has 10 nitrogen and oxygen atoms in total. The van der Waals surface area contributed by atoms with Crippen LogP contribution >= 0.6 is 0 Å².